The van der Waals surface area contributed by atoms with Gasteiger partial charge in [0.15, 0.2) is 0 Å². The monoisotopic (exact) mass is 407 g/mol. The van der Waals surface area contributed by atoms with Crippen molar-refractivity contribution in [2.24, 2.45) is 5.92 Å². The molecular formula is C24H29N3O3. The molecule has 0 aliphatic rings. The summed E-state index contributed by atoms with van der Waals surface area (Å²) in [6.07, 6.45) is 3.71. The molecule has 0 fully saturated rings. The average Bonchev–Trinajstić information content (AvgIpc) is 3.17. The van der Waals surface area contributed by atoms with Crippen LogP contribution in [0.3, 0.4) is 0 Å². The van der Waals surface area contributed by atoms with Crippen molar-refractivity contribution in [3.8, 4) is 5.75 Å². The van der Waals surface area contributed by atoms with Crippen LogP contribution in [0, 0.1) is 5.92 Å². The van der Waals surface area contributed by atoms with Gasteiger partial charge in [-0.25, -0.2) is 0 Å². The number of amides is 2. The number of ether oxygens (including phenoxy) is 1. The second-order valence-corrected chi connectivity index (χ2v) is 7.65. The number of methoxy groups -OCH3 is 1. The van der Waals surface area contributed by atoms with Crippen molar-refractivity contribution in [2.45, 2.75) is 32.7 Å². The molecule has 3 N–H and O–H groups in total. The molecule has 0 spiro atoms. The number of carbonyl (C=O) groups is 2. The lowest BCUT2D eigenvalue weighted by molar-refractivity contribution is -0.123. The molecule has 3 rings (SSSR count). The summed E-state index contributed by atoms with van der Waals surface area (Å²) in [4.78, 5) is 28.7. The number of benzene rings is 2. The first-order chi connectivity index (χ1) is 14.5. The summed E-state index contributed by atoms with van der Waals surface area (Å²) in [5.41, 5.74) is 2.78. The highest BCUT2D eigenvalue weighted by Crippen LogP contribution is 2.19. The van der Waals surface area contributed by atoms with Gasteiger partial charge >= 0.3 is 0 Å². The van der Waals surface area contributed by atoms with Crippen LogP contribution in [-0.2, 0) is 11.2 Å². The number of fused-ring (bicyclic) bond motifs is 1. The number of H-pyrrole nitrogens is 1. The highest BCUT2D eigenvalue weighted by Gasteiger charge is 2.25. The summed E-state index contributed by atoms with van der Waals surface area (Å²) in [5, 5.41) is 7.03. The molecule has 1 aromatic heterocycles. The topological polar surface area (TPSA) is 83.2 Å². The summed E-state index contributed by atoms with van der Waals surface area (Å²) in [6.45, 7) is 4.38. The normalized spacial score (nSPS) is 12.0. The van der Waals surface area contributed by atoms with Crippen molar-refractivity contribution in [3.63, 3.8) is 0 Å². The van der Waals surface area contributed by atoms with Crippen LogP contribution < -0.4 is 15.4 Å². The Morgan fingerprint density at radius 3 is 2.57 bits per heavy atom. The number of rotatable bonds is 9. The number of para-hydroxylation sites is 2. The molecule has 0 saturated heterocycles. The molecule has 0 bridgehead atoms. The lowest BCUT2D eigenvalue weighted by Gasteiger charge is -2.22. The minimum atomic E-state index is -0.615. The van der Waals surface area contributed by atoms with Gasteiger partial charge in [-0.2, -0.15) is 0 Å². The fourth-order valence-electron chi connectivity index (χ4n) is 3.53. The molecule has 1 heterocycles. The van der Waals surface area contributed by atoms with E-state index in [-0.39, 0.29) is 17.7 Å². The fourth-order valence-corrected chi connectivity index (χ4v) is 3.53. The number of aromatic amines is 1. The zero-order valence-electron chi connectivity index (χ0n) is 17.7. The highest BCUT2D eigenvalue weighted by molar-refractivity contribution is 5.99. The van der Waals surface area contributed by atoms with Gasteiger partial charge in [-0.1, -0.05) is 44.2 Å². The number of carbonyl (C=O) groups excluding carboxylic acids is 2. The van der Waals surface area contributed by atoms with E-state index in [2.05, 4.69) is 27.8 Å². The molecule has 2 amide bonds. The zero-order valence-corrected chi connectivity index (χ0v) is 17.7. The van der Waals surface area contributed by atoms with Gasteiger partial charge < -0.3 is 20.4 Å². The minimum Gasteiger partial charge on any atom is -0.496 e. The van der Waals surface area contributed by atoms with Crippen molar-refractivity contribution in [1.82, 2.24) is 15.6 Å². The summed E-state index contributed by atoms with van der Waals surface area (Å²) in [6, 6.07) is 14.6. The third kappa shape index (κ3) is 5.00. The van der Waals surface area contributed by atoms with Gasteiger partial charge in [0.25, 0.3) is 5.91 Å². The smallest absolute Gasteiger partial charge is 0.255 e. The first kappa shape index (κ1) is 21.4. The predicted octanol–water partition coefficient (Wildman–Crippen LogP) is 3.68. The number of aromatic nitrogens is 1. The second kappa shape index (κ2) is 9.96. The van der Waals surface area contributed by atoms with Crippen LogP contribution >= 0.6 is 0 Å². The Morgan fingerprint density at radius 2 is 1.80 bits per heavy atom. The SMILES string of the molecule is COc1ccccc1C(=O)NC(C(=O)NCCCc1c[nH]c2ccccc12)C(C)C. The molecule has 1 atom stereocenters. The molecule has 0 radical (unpaired) electrons. The van der Waals surface area contributed by atoms with E-state index in [9.17, 15) is 9.59 Å². The summed E-state index contributed by atoms with van der Waals surface area (Å²) in [7, 11) is 1.52. The first-order valence-corrected chi connectivity index (χ1v) is 10.3. The van der Waals surface area contributed by atoms with Crippen LogP contribution in [0.2, 0.25) is 0 Å². The van der Waals surface area contributed by atoms with Gasteiger partial charge in [-0.3, -0.25) is 9.59 Å². The maximum Gasteiger partial charge on any atom is 0.255 e. The third-order valence-electron chi connectivity index (χ3n) is 5.18. The molecule has 0 aliphatic heterocycles. The summed E-state index contributed by atoms with van der Waals surface area (Å²) < 4.78 is 5.25. The van der Waals surface area contributed by atoms with Gasteiger partial charge in [0, 0.05) is 23.6 Å². The lowest BCUT2D eigenvalue weighted by Crippen LogP contribution is -2.50. The Morgan fingerprint density at radius 1 is 1.07 bits per heavy atom. The molecule has 30 heavy (non-hydrogen) atoms. The van der Waals surface area contributed by atoms with Gasteiger partial charge in [0.1, 0.15) is 11.8 Å². The van der Waals surface area contributed by atoms with Crippen LogP contribution in [0.15, 0.2) is 54.7 Å². The molecule has 2 aromatic carbocycles. The van der Waals surface area contributed by atoms with Gasteiger partial charge in [-0.15, -0.1) is 0 Å². The molecule has 6 heteroatoms. The van der Waals surface area contributed by atoms with Crippen molar-refractivity contribution in [2.75, 3.05) is 13.7 Å². The van der Waals surface area contributed by atoms with Gasteiger partial charge in [0.05, 0.1) is 12.7 Å². The van der Waals surface area contributed by atoms with Gasteiger partial charge in [-0.05, 0) is 42.5 Å². The quantitative estimate of drug-likeness (QED) is 0.473. The Kier molecular flexibility index (Phi) is 7.12. The van der Waals surface area contributed by atoms with Crippen LogP contribution in [0.4, 0.5) is 0 Å². The van der Waals surface area contributed by atoms with Gasteiger partial charge in [0.2, 0.25) is 5.91 Å². The fraction of sp³-hybridized carbons (Fsp3) is 0.333. The lowest BCUT2D eigenvalue weighted by atomic mass is 10.0. The number of hydrogen-bond acceptors (Lipinski definition) is 3. The maximum absolute atomic E-state index is 12.7. The largest absolute Gasteiger partial charge is 0.496 e. The number of nitrogens with one attached hydrogen (secondary N) is 3. The summed E-state index contributed by atoms with van der Waals surface area (Å²) >= 11 is 0. The molecule has 0 aliphatic carbocycles. The van der Waals surface area contributed by atoms with Crippen molar-refractivity contribution in [3.05, 3.63) is 65.9 Å². The molecule has 6 nitrogen and oxygen atoms in total. The third-order valence-corrected chi connectivity index (χ3v) is 5.18. The second-order valence-electron chi connectivity index (χ2n) is 7.65. The predicted molar refractivity (Wildman–Crippen MR) is 119 cm³/mol. The average molecular weight is 408 g/mol. The van der Waals surface area contributed by atoms with Crippen LogP contribution in [0.5, 0.6) is 5.75 Å². The number of aryl methyl sites for hydroxylation is 1. The molecule has 0 saturated carbocycles. The van der Waals surface area contributed by atoms with Crippen molar-refractivity contribution < 1.29 is 14.3 Å². The van der Waals surface area contributed by atoms with E-state index in [1.165, 1.54) is 18.1 Å². The first-order valence-electron chi connectivity index (χ1n) is 10.3. The van der Waals surface area contributed by atoms with E-state index < -0.39 is 6.04 Å². The van der Waals surface area contributed by atoms with E-state index in [1.807, 2.05) is 32.2 Å². The van der Waals surface area contributed by atoms with Crippen LogP contribution in [0.1, 0.15) is 36.2 Å². The Balaban J connectivity index is 1.54. The van der Waals surface area contributed by atoms with E-state index in [4.69, 9.17) is 4.74 Å². The van der Waals surface area contributed by atoms with Crippen LogP contribution in [0.25, 0.3) is 10.9 Å². The molecular weight excluding hydrogens is 378 g/mol. The highest BCUT2D eigenvalue weighted by atomic mass is 16.5. The molecule has 1 unspecified atom stereocenters. The maximum atomic E-state index is 12.7. The van der Waals surface area contributed by atoms with Crippen molar-refractivity contribution in [1.29, 1.82) is 0 Å². The Labute approximate surface area is 177 Å². The zero-order chi connectivity index (χ0) is 21.5. The standard InChI is InChI=1S/C24H29N3O3/c1-16(2)22(27-23(28)19-11-5-7-13-21(19)30-3)24(29)25-14-8-9-17-15-26-20-12-6-4-10-18(17)20/h4-7,10-13,15-16,22,26H,8-9,14H2,1-3H3,(H,25,29)(H,27,28). The number of hydrogen-bond donors (Lipinski definition) is 3. The van der Waals surface area contributed by atoms with E-state index in [0.717, 1.165) is 18.4 Å². The molecule has 3 aromatic rings. The Hall–Kier alpha value is -3.28. The van der Waals surface area contributed by atoms with E-state index in [1.54, 1.807) is 24.3 Å². The summed E-state index contributed by atoms with van der Waals surface area (Å²) in [5.74, 6) is -0.0545. The van der Waals surface area contributed by atoms with Crippen molar-refractivity contribution >= 4 is 22.7 Å². The van der Waals surface area contributed by atoms with E-state index in [0.29, 0.717) is 17.9 Å². The van der Waals surface area contributed by atoms with E-state index >= 15 is 0 Å². The Bertz CT molecular complexity index is 1010. The van der Waals surface area contributed by atoms with Crippen LogP contribution in [-0.4, -0.2) is 36.5 Å². The molecule has 158 valence electrons. The minimum absolute atomic E-state index is 0.0442.